The van der Waals surface area contributed by atoms with Crippen LogP contribution in [0.2, 0.25) is 0 Å². The predicted molar refractivity (Wildman–Crippen MR) is 85.0 cm³/mol. The molecule has 0 saturated carbocycles. The summed E-state index contributed by atoms with van der Waals surface area (Å²) in [5.41, 5.74) is 17.7. The van der Waals surface area contributed by atoms with Crippen LogP contribution in [0.5, 0.6) is 0 Å². The largest absolute Gasteiger partial charge is 0.398 e. The van der Waals surface area contributed by atoms with Crippen LogP contribution in [-0.4, -0.2) is 0 Å². The average Bonchev–Trinajstić information content (AvgIpc) is 2.48. The van der Waals surface area contributed by atoms with E-state index in [9.17, 15) is 0 Å². The second-order valence-electron chi connectivity index (χ2n) is 4.63. The van der Waals surface area contributed by atoms with E-state index in [0.717, 1.165) is 33.6 Å². The molecule has 0 aliphatic carbocycles. The molecule has 0 amide bonds. The molecule has 0 saturated heterocycles. The van der Waals surface area contributed by atoms with Crippen LogP contribution in [-0.2, 0) is 0 Å². The van der Waals surface area contributed by atoms with Gasteiger partial charge in [0.05, 0.1) is 0 Å². The number of rotatable bonds is 2. The summed E-state index contributed by atoms with van der Waals surface area (Å²) in [6, 6.07) is 24.8. The topological polar surface area (TPSA) is 52.0 Å². The highest BCUT2D eigenvalue weighted by Crippen LogP contribution is 2.36. The molecule has 2 heteroatoms. The summed E-state index contributed by atoms with van der Waals surface area (Å²) in [7, 11) is 0. The Kier molecular flexibility index (Phi) is 3.13. The van der Waals surface area contributed by atoms with Crippen LogP contribution in [0.25, 0.3) is 22.3 Å². The SMILES string of the molecule is Nc1ccccc1-c1[c]cccc1-c1ccccc1N. The fraction of sp³-hybridized carbons (Fsp3) is 0. The van der Waals surface area contributed by atoms with Gasteiger partial charge in [0.2, 0.25) is 0 Å². The Morgan fingerprint density at radius 1 is 0.600 bits per heavy atom. The molecule has 0 unspecified atom stereocenters. The lowest BCUT2D eigenvalue weighted by Crippen LogP contribution is -1.94. The van der Waals surface area contributed by atoms with Crippen molar-refractivity contribution in [2.45, 2.75) is 0 Å². The van der Waals surface area contributed by atoms with Crippen molar-refractivity contribution in [3.05, 3.63) is 72.8 Å². The molecule has 0 aliphatic rings. The first-order valence-corrected chi connectivity index (χ1v) is 6.48. The van der Waals surface area contributed by atoms with Crippen molar-refractivity contribution in [3.63, 3.8) is 0 Å². The molecule has 20 heavy (non-hydrogen) atoms. The highest BCUT2D eigenvalue weighted by atomic mass is 14.6. The zero-order valence-electron chi connectivity index (χ0n) is 11.0. The molecular formula is C18H15N2. The van der Waals surface area contributed by atoms with E-state index in [2.05, 4.69) is 6.07 Å². The van der Waals surface area contributed by atoms with Crippen LogP contribution in [0, 0.1) is 6.07 Å². The molecule has 97 valence electrons. The number of nitrogens with two attached hydrogens (primary N) is 2. The first-order chi connectivity index (χ1) is 9.77. The van der Waals surface area contributed by atoms with Crippen molar-refractivity contribution < 1.29 is 0 Å². The van der Waals surface area contributed by atoms with Gasteiger partial charge in [0.25, 0.3) is 0 Å². The molecule has 0 fully saturated rings. The minimum absolute atomic E-state index is 0.741. The van der Waals surface area contributed by atoms with Crippen LogP contribution in [0.4, 0.5) is 11.4 Å². The Morgan fingerprint density at radius 2 is 1.15 bits per heavy atom. The number of para-hydroxylation sites is 2. The molecule has 3 rings (SSSR count). The van der Waals surface area contributed by atoms with Crippen molar-refractivity contribution >= 4 is 11.4 Å². The standard InChI is InChI=1S/C18H15N2/c19-17-11-5-3-9-15(17)13-7-1-2-8-14(13)16-10-4-6-12-18(16)20/h1-7,9-12H,19-20H2. The summed E-state index contributed by atoms with van der Waals surface area (Å²) in [5.74, 6) is 0. The summed E-state index contributed by atoms with van der Waals surface area (Å²) >= 11 is 0. The maximum Gasteiger partial charge on any atom is 0.0394 e. The molecule has 2 nitrogen and oxygen atoms in total. The third-order valence-electron chi connectivity index (χ3n) is 3.34. The average molecular weight is 259 g/mol. The third kappa shape index (κ3) is 2.12. The second-order valence-corrected chi connectivity index (χ2v) is 4.63. The fourth-order valence-corrected chi connectivity index (χ4v) is 2.35. The summed E-state index contributed by atoms with van der Waals surface area (Å²) in [5, 5.41) is 0. The molecular weight excluding hydrogens is 244 g/mol. The Bertz CT molecular complexity index is 683. The van der Waals surface area contributed by atoms with Crippen LogP contribution in [0.15, 0.2) is 66.7 Å². The van der Waals surface area contributed by atoms with Gasteiger partial charge in [-0.15, -0.1) is 0 Å². The fourth-order valence-electron chi connectivity index (χ4n) is 2.35. The van der Waals surface area contributed by atoms with Crippen LogP contribution in [0.1, 0.15) is 0 Å². The highest BCUT2D eigenvalue weighted by Gasteiger charge is 2.10. The molecule has 0 heterocycles. The van der Waals surface area contributed by atoms with E-state index >= 15 is 0 Å². The maximum absolute atomic E-state index is 6.09. The van der Waals surface area contributed by atoms with E-state index in [1.807, 2.05) is 66.7 Å². The monoisotopic (exact) mass is 259 g/mol. The van der Waals surface area contributed by atoms with Crippen molar-refractivity contribution in [1.29, 1.82) is 0 Å². The summed E-state index contributed by atoms with van der Waals surface area (Å²) in [4.78, 5) is 0. The number of hydrogen-bond donors (Lipinski definition) is 2. The van der Waals surface area contributed by atoms with Crippen molar-refractivity contribution in [1.82, 2.24) is 0 Å². The molecule has 3 aromatic carbocycles. The van der Waals surface area contributed by atoms with Crippen LogP contribution in [0.3, 0.4) is 0 Å². The molecule has 0 aromatic heterocycles. The van der Waals surface area contributed by atoms with Gasteiger partial charge in [-0.25, -0.2) is 0 Å². The summed E-state index contributed by atoms with van der Waals surface area (Å²) in [6.45, 7) is 0. The Hall–Kier alpha value is -2.74. The number of benzene rings is 3. The molecule has 0 bridgehead atoms. The molecule has 0 spiro atoms. The first kappa shape index (κ1) is 12.3. The Balaban J connectivity index is 2.25. The molecule has 1 radical (unpaired) electrons. The van der Waals surface area contributed by atoms with Crippen molar-refractivity contribution in [3.8, 4) is 22.3 Å². The van der Waals surface area contributed by atoms with E-state index in [1.54, 1.807) is 0 Å². The third-order valence-corrected chi connectivity index (χ3v) is 3.34. The number of hydrogen-bond acceptors (Lipinski definition) is 2. The lowest BCUT2D eigenvalue weighted by molar-refractivity contribution is 1.57. The smallest absolute Gasteiger partial charge is 0.0394 e. The zero-order valence-corrected chi connectivity index (χ0v) is 11.0. The van der Waals surface area contributed by atoms with E-state index in [-0.39, 0.29) is 0 Å². The van der Waals surface area contributed by atoms with Crippen molar-refractivity contribution in [2.24, 2.45) is 0 Å². The van der Waals surface area contributed by atoms with Gasteiger partial charge in [0.1, 0.15) is 0 Å². The molecule has 0 atom stereocenters. The van der Waals surface area contributed by atoms with Gasteiger partial charge in [-0.05, 0) is 29.3 Å². The summed E-state index contributed by atoms with van der Waals surface area (Å²) in [6.07, 6.45) is 0. The van der Waals surface area contributed by atoms with Crippen LogP contribution >= 0.6 is 0 Å². The quantitative estimate of drug-likeness (QED) is 0.684. The number of anilines is 2. The van der Waals surface area contributed by atoms with Gasteiger partial charge >= 0.3 is 0 Å². The Labute approximate surface area is 118 Å². The number of nitrogen functional groups attached to an aromatic ring is 2. The summed E-state index contributed by atoms with van der Waals surface area (Å²) < 4.78 is 0. The van der Waals surface area contributed by atoms with Gasteiger partial charge < -0.3 is 11.5 Å². The van der Waals surface area contributed by atoms with Gasteiger partial charge in [-0.3, -0.25) is 0 Å². The van der Waals surface area contributed by atoms with Gasteiger partial charge in [0, 0.05) is 22.5 Å². The molecule has 4 N–H and O–H groups in total. The van der Waals surface area contributed by atoms with E-state index in [0.29, 0.717) is 0 Å². The van der Waals surface area contributed by atoms with Gasteiger partial charge in [-0.2, -0.15) is 0 Å². The lowest BCUT2D eigenvalue weighted by atomic mass is 9.93. The van der Waals surface area contributed by atoms with Crippen molar-refractivity contribution in [2.75, 3.05) is 11.5 Å². The first-order valence-electron chi connectivity index (χ1n) is 6.48. The van der Waals surface area contributed by atoms with E-state index < -0.39 is 0 Å². The minimum Gasteiger partial charge on any atom is -0.398 e. The maximum atomic E-state index is 6.09. The minimum atomic E-state index is 0.741. The second kappa shape index (κ2) is 5.10. The highest BCUT2D eigenvalue weighted by molar-refractivity contribution is 5.91. The van der Waals surface area contributed by atoms with E-state index in [1.165, 1.54) is 0 Å². The zero-order chi connectivity index (χ0) is 13.9. The van der Waals surface area contributed by atoms with Gasteiger partial charge in [-0.1, -0.05) is 54.6 Å². The molecule has 0 aliphatic heterocycles. The normalized spacial score (nSPS) is 10.4. The van der Waals surface area contributed by atoms with Gasteiger partial charge in [0.15, 0.2) is 0 Å². The van der Waals surface area contributed by atoms with E-state index in [4.69, 9.17) is 11.5 Å². The predicted octanol–water partition coefficient (Wildman–Crippen LogP) is 3.99. The van der Waals surface area contributed by atoms with Crippen LogP contribution < -0.4 is 11.5 Å². The lowest BCUT2D eigenvalue weighted by Gasteiger charge is -2.13. The Morgan fingerprint density at radius 3 is 1.80 bits per heavy atom. The molecule has 3 aromatic rings.